The summed E-state index contributed by atoms with van der Waals surface area (Å²) >= 11 is 0. The molecule has 0 radical (unpaired) electrons. The molecule has 1 aliphatic carbocycles. The second-order valence-corrected chi connectivity index (χ2v) is 8.10. The summed E-state index contributed by atoms with van der Waals surface area (Å²) in [4.78, 5) is 23.0. The Kier molecular flexibility index (Phi) is 4.17. The van der Waals surface area contributed by atoms with Gasteiger partial charge in [-0.3, -0.25) is 14.3 Å². The SMILES string of the molecule is O=C1N(c2c(F)cc(C#Cc3ccccc3)cc2F)c2ncc(-c3cccnc3)n2C12CC2. The number of rotatable bonds is 2. The largest absolute Gasteiger partial charge is 0.294 e. The van der Waals surface area contributed by atoms with Crippen LogP contribution in [0.4, 0.5) is 20.4 Å². The van der Waals surface area contributed by atoms with Crippen LogP contribution in [-0.4, -0.2) is 20.4 Å². The number of imidazole rings is 1. The zero-order valence-electron chi connectivity index (χ0n) is 17.3. The van der Waals surface area contributed by atoms with Crippen molar-refractivity contribution >= 4 is 17.5 Å². The van der Waals surface area contributed by atoms with E-state index in [-0.39, 0.29) is 17.4 Å². The summed E-state index contributed by atoms with van der Waals surface area (Å²) in [5.74, 6) is 3.77. The fourth-order valence-corrected chi connectivity index (χ4v) is 4.31. The van der Waals surface area contributed by atoms with Gasteiger partial charge in [-0.15, -0.1) is 0 Å². The Hall–Kier alpha value is -4.31. The Labute approximate surface area is 188 Å². The molecule has 0 saturated heterocycles. The fourth-order valence-electron chi connectivity index (χ4n) is 4.31. The molecular formula is C26H16F2N4O. The lowest BCUT2D eigenvalue weighted by atomic mass is 10.1. The van der Waals surface area contributed by atoms with E-state index in [0.717, 1.165) is 28.2 Å². The molecule has 4 aromatic rings. The van der Waals surface area contributed by atoms with Crippen molar-refractivity contribution in [2.45, 2.75) is 18.4 Å². The topological polar surface area (TPSA) is 51.0 Å². The number of carbonyl (C=O) groups excluding carboxylic acids is 1. The minimum Gasteiger partial charge on any atom is -0.294 e. The smallest absolute Gasteiger partial charge is 0.260 e. The standard InChI is InChI=1S/C26H16F2N4O/c27-20-13-18(9-8-17-5-2-1-3-6-17)14-21(28)23(20)31-24(33)26(10-11-26)32-22(16-30-25(31)32)19-7-4-12-29-15-19/h1-7,12-16H,10-11H2. The van der Waals surface area contributed by atoms with Crippen molar-refractivity contribution in [3.05, 3.63) is 95.9 Å². The van der Waals surface area contributed by atoms with Gasteiger partial charge in [-0.2, -0.15) is 0 Å². The van der Waals surface area contributed by atoms with Crippen LogP contribution in [0.1, 0.15) is 24.0 Å². The molecule has 2 aromatic carbocycles. The van der Waals surface area contributed by atoms with Gasteiger partial charge in [-0.25, -0.2) is 18.7 Å². The first-order valence-corrected chi connectivity index (χ1v) is 10.5. The summed E-state index contributed by atoms with van der Waals surface area (Å²) in [7, 11) is 0. The van der Waals surface area contributed by atoms with Crippen LogP contribution in [-0.2, 0) is 10.3 Å². The highest BCUT2D eigenvalue weighted by Crippen LogP contribution is 2.56. The quantitative estimate of drug-likeness (QED) is 0.423. The third kappa shape index (κ3) is 2.95. The van der Waals surface area contributed by atoms with E-state index in [1.165, 1.54) is 0 Å². The van der Waals surface area contributed by atoms with Crippen molar-refractivity contribution in [1.82, 2.24) is 14.5 Å². The van der Waals surface area contributed by atoms with E-state index in [0.29, 0.717) is 18.5 Å². The number of amides is 1. The number of nitrogens with zero attached hydrogens (tertiary/aromatic N) is 4. The number of fused-ring (bicyclic) bond motifs is 2. The van der Waals surface area contributed by atoms with Gasteiger partial charge in [-0.1, -0.05) is 30.0 Å². The van der Waals surface area contributed by atoms with E-state index in [9.17, 15) is 4.79 Å². The van der Waals surface area contributed by atoms with Crippen molar-refractivity contribution in [3.8, 4) is 23.1 Å². The van der Waals surface area contributed by atoms with Crippen LogP contribution in [0.2, 0.25) is 0 Å². The summed E-state index contributed by atoms with van der Waals surface area (Å²) in [6.45, 7) is 0. The lowest BCUT2D eigenvalue weighted by Gasteiger charge is -2.17. The molecule has 2 aromatic heterocycles. The molecule has 1 fully saturated rings. The molecule has 2 aliphatic rings. The van der Waals surface area contributed by atoms with Crippen molar-refractivity contribution in [2.75, 3.05) is 4.90 Å². The van der Waals surface area contributed by atoms with Crippen LogP contribution in [0.15, 0.2) is 73.2 Å². The van der Waals surface area contributed by atoms with E-state index < -0.39 is 22.9 Å². The van der Waals surface area contributed by atoms with Crippen LogP contribution in [0, 0.1) is 23.5 Å². The van der Waals surface area contributed by atoms with Gasteiger partial charge in [0.15, 0.2) is 11.6 Å². The summed E-state index contributed by atoms with van der Waals surface area (Å²) in [6, 6.07) is 15.1. The van der Waals surface area contributed by atoms with Gasteiger partial charge in [0.1, 0.15) is 11.2 Å². The number of anilines is 2. The first-order valence-electron chi connectivity index (χ1n) is 10.5. The Morgan fingerprint density at radius 3 is 2.30 bits per heavy atom. The highest BCUT2D eigenvalue weighted by Gasteiger charge is 2.62. The van der Waals surface area contributed by atoms with Gasteiger partial charge in [0.05, 0.1) is 11.9 Å². The van der Waals surface area contributed by atoms with Crippen molar-refractivity contribution in [3.63, 3.8) is 0 Å². The third-order valence-corrected chi connectivity index (χ3v) is 6.02. The van der Waals surface area contributed by atoms with Gasteiger partial charge in [-0.05, 0) is 49.2 Å². The highest BCUT2D eigenvalue weighted by molar-refractivity contribution is 6.09. The van der Waals surface area contributed by atoms with Crippen LogP contribution >= 0.6 is 0 Å². The predicted octanol–water partition coefficient (Wildman–Crippen LogP) is 4.79. The van der Waals surface area contributed by atoms with E-state index in [1.54, 1.807) is 29.2 Å². The van der Waals surface area contributed by atoms with E-state index >= 15 is 8.78 Å². The molecule has 160 valence electrons. The number of hydrogen-bond acceptors (Lipinski definition) is 3. The number of hydrogen-bond donors (Lipinski definition) is 0. The van der Waals surface area contributed by atoms with E-state index in [2.05, 4.69) is 21.8 Å². The molecule has 1 aliphatic heterocycles. The van der Waals surface area contributed by atoms with E-state index in [1.807, 2.05) is 36.4 Å². The molecular weight excluding hydrogens is 422 g/mol. The summed E-state index contributed by atoms with van der Waals surface area (Å²) in [5.41, 5.74) is 1.10. The molecule has 0 unspecified atom stereocenters. The molecule has 33 heavy (non-hydrogen) atoms. The second kappa shape index (κ2) is 7.10. The van der Waals surface area contributed by atoms with Crippen LogP contribution < -0.4 is 4.90 Å². The number of pyridine rings is 1. The van der Waals surface area contributed by atoms with E-state index in [4.69, 9.17) is 0 Å². The van der Waals surface area contributed by atoms with Gasteiger partial charge < -0.3 is 0 Å². The van der Waals surface area contributed by atoms with Crippen molar-refractivity contribution in [1.29, 1.82) is 0 Å². The molecule has 0 atom stereocenters. The molecule has 3 heterocycles. The molecule has 1 spiro atoms. The van der Waals surface area contributed by atoms with Crippen LogP contribution in [0.3, 0.4) is 0 Å². The highest BCUT2D eigenvalue weighted by atomic mass is 19.1. The van der Waals surface area contributed by atoms with Gasteiger partial charge in [0.25, 0.3) is 5.91 Å². The van der Waals surface area contributed by atoms with Gasteiger partial charge in [0.2, 0.25) is 5.95 Å². The number of carbonyl (C=O) groups is 1. The minimum atomic E-state index is -0.865. The fraction of sp³-hybridized carbons (Fsp3) is 0.115. The summed E-state index contributed by atoms with van der Waals surface area (Å²) in [5, 5.41) is 0. The maximum atomic E-state index is 15.2. The van der Waals surface area contributed by atoms with Crippen LogP contribution in [0.5, 0.6) is 0 Å². The Bertz CT molecular complexity index is 1440. The average Bonchev–Trinajstić information content (AvgIpc) is 3.47. The first-order chi connectivity index (χ1) is 16.1. The normalized spacial score (nSPS) is 15.3. The minimum absolute atomic E-state index is 0.185. The lowest BCUT2D eigenvalue weighted by molar-refractivity contribution is -0.120. The predicted molar refractivity (Wildman–Crippen MR) is 119 cm³/mol. The average molecular weight is 438 g/mol. The maximum Gasteiger partial charge on any atom is 0.260 e. The molecule has 7 heteroatoms. The second-order valence-electron chi connectivity index (χ2n) is 8.10. The van der Waals surface area contributed by atoms with Gasteiger partial charge in [0, 0.05) is 29.1 Å². The van der Waals surface area contributed by atoms with Crippen molar-refractivity contribution < 1.29 is 13.6 Å². The maximum absolute atomic E-state index is 15.2. The third-order valence-electron chi connectivity index (χ3n) is 6.02. The molecule has 1 amide bonds. The first kappa shape index (κ1) is 19.4. The number of benzene rings is 2. The lowest BCUT2D eigenvalue weighted by Crippen LogP contribution is -2.31. The molecule has 6 rings (SSSR count). The van der Waals surface area contributed by atoms with Crippen molar-refractivity contribution in [2.24, 2.45) is 0 Å². The van der Waals surface area contributed by atoms with Gasteiger partial charge >= 0.3 is 0 Å². The zero-order valence-corrected chi connectivity index (χ0v) is 17.3. The molecule has 0 N–H and O–H groups in total. The summed E-state index contributed by atoms with van der Waals surface area (Å²) < 4.78 is 32.2. The molecule has 5 nitrogen and oxygen atoms in total. The molecule has 0 bridgehead atoms. The monoisotopic (exact) mass is 438 g/mol. The zero-order chi connectivity index (χ0) is 22.6. The Morgan fingerprint density at radius 1 is 0.909 bits per heavy atom. The van der Waals surface area contributed by atoms with Crippen LogP contribution in [0.25, 0.3) is 11.3 Å². The Morgan fingerprint density at radius 2 is 1.64 bits per heavy atom. The summed E-state index contributed by atoms with van der Waals surface area (Å²) in [6.07, 6.45) is 6.12. The number of aromatic nitrogens is 3. The molecule has 1 saturated carbocycles. The number of halogens is 2. The Balaban J connectivity index is 1.44.